The maximum atomic E-state index is 12.0. The molecule has 2 unspecified atom stereocenters. The number of epoxide rings is 1. The molecule has 0 aromatic heterocycles. The molecule has 1 aromatic carbocycles. The highest BCUT2D eigenvalue weighted by molar-refractivity contribution is 5.83. The molecule has 2 heterocycles. The van der Waals surface area contributed by atoms with E-state index in [1.807, 2.05) is 4.90 Å². The number of ether oxygens (including phenoxy) is 1. The molecule has 2 aliphatic heterocycles. The number of carbonyl (C=O) groups excluding carboxylic acids is 1. The van der Waals surface area contributed by atoms with Crippen molar-refractivity contribution in [1.29, 1.82) is 0 Å². The molecule has 2 atom stereocenters. The fourth-order valence-corrected chi connectivity index (χ4v) is 2.77. The first kappa shape index (κ1) is 11.7. The van der Waals surface area contributed by atoms with Crippen LogP contribution in [0.5, 0.6) is 0 Å². The molecule has 18 heavy (non-hydrogen) atoms. The van der Waals surface area contributed by atoms with Gasteiger partial charge in [0.05, 0.1) is 6.61 Å². The summed E-state index contributed by atoms with van der Waals surface area (Å²) in [7, 11) is 0. The second-order valence-electron chi connectivity index (χ2n) is 5.19. The highest BCUT2D eigenvalue weighted by Gasteiger charge is 2.35. The van der Waals surface area contributed by atoms with Gasteiger partial charge in [-0.3, -0.25) is 4.79 Å². The first-order valence-corrected chi connectivity index (χ1v) is 6.80. The van der Waals surface area contributed by atoms with Crippen molar-refractivity contribution < 1.29 is 9.53 Å². The van der Waals surface area contributed by atoms with Crippen LogP contribution in [0, 0.1) is 0 Å². The Hall–Kier alpha value is -1.35. The molecule has 0 bridgehead atoms. The molecule has 2 saturated heterocycles. The van der Waals surface area contributed by atoms with Crippen molar-refractivity contribution in [3.63, 3.8) is 0 Å². The van der Waals surface area contributed by atoms with Crippen LogP contribution >= 0.6 is 0 Å². The van der Waals surface area contributed by atoms with E-state index >= 15 is 0 Å². The van der Waals surface area contributed by atoms with E-state index in [0.29, 0.717) is 12.5 Å². The SMILES string of the molecule is O=C(C1CO1)N1CCCC(c2ccccc2)CC1. The predicted octanol–water partition coefficient (Wildman–Crippen LogP) is 2.18. The highest BCUT2D eigenvalue weighted by atomic mass is 16.6. The molecular weight excluding hydrogens is 226 g/mol. The van der Waals surface area contributed by atoms with Crippen LogP contribution in [-0.4, -0.2) is 36.6 Å². The van der Waals surface area contributed by atoms with Crippen molar-refractivity contribution in [2.24, 2.45) is 0 Å². The van der Waals surface area contributed by atoms with Gasteiger partial charge in [-0.15, -0.1) is 0 Å². The lowest BCUT2D eigenvalue weighted by atomic mass is 9.92. The lowest BCUT2D eigenvalue weighted by Gasteiger charge is -2.19. The van der Waals surface area contributed by atoms with Crippen LogP contribution in [0.3, 0.4) is 0 Å². The molecule has 0 N–H and O–H groups in total. The van der Waals surface area contributed by atoms with Crippen LogP contribution in [0.4, 0.5) is 0 Å². The Morgan fingerprint density at radius 1 is 1.17 bits per heavy atom. The largest absolute Gasteiger partial charge is 0.363 e. The van der Waals surface area contributed by atoms with Crippen LogP contribution < -0.4 is 0 Å². The third-order valence-electron chi connectivity index (χ3n) is 3.92. The van der Waals surface area contributed by atoms with E-state index < -0.39 is 0 Å². The number of hydrogen-bond acceptors (Lipinski definition) is 2. The molecule has 0 spiro atoms. The first-order valence-electron chi connectivity index (χ1n) is 6.80. The summed E-state index contributed by atoms with van der Waals surface area (Å²) in [4.78, 5) is 13.9. The smallest absolute Gasteiger partial charge is 0.254 e. The van der Waals surface area contributed by atoms with Crippen molar-refractivity contribution in [3.05, 3.63) is 35.9 Å². The van der Waals surface area contributed by atoms with Gasteiger partial charge in [0.15, 0.2) is 6.10 Å². The summed E-state index contributed by atoms with van der Waals surface area (Å²) in [6.07, 6.45) is 3.22. The Labute approximate surface area is 108 Å². The minimum absolute atomic E-state index is 0.127. The third-order valence-corrected chi connectivity index (χ3v) is 3.92. The molecular formula is C15H19NO2. The quantitative estimate of drug-likeness (QED) is 0.748. The summed E-state index contributed by atoms with van der Waals surface area (Å²) in [5, 5.41) is 0. The maximum absolute atomic E-state index is 12.0. The zero-order chi connectivity index (χ0) is 12.4. The summed E-state index contributed by atoms with van der Waals surface area (Å²) >= 11 is 0. The summed E-state index contributed by atoms with van der Waals surface area (Å²) in [5.74, 6) is 0.799. The number of hydrogen-bond donors (Lipinski definition) is 0. The monoisotopic (exact) mass is 245 g/mol. The van der Waals surface area contributed by atoms with E-state index in [1.165, 1.54) is 12.0 Å². The van der Waals surface area contributed by atoms with Gasteiger partial charge in [0, 0.05) is 13.1 Å². The summed E-state index contributed by atoms with van der Waals surface area (Å²) in [5.41, 5.74) is 1.41. The predicted molar refractivity (Wildman–Crippen MR) is 69.4 cm³/mol. The normalized spacial score (nSPS) is 27.7. The standard InChI is InChI=1S/C15H19NO2/c17-15(14-11-18-14)16-9-4-7-13(8-10-16)12-5-2-1-3-6-12/h1-3,5-6,13-14H,4,7-11H2. The maximum Gasteiger partial charge on any atom is 0.254 e. The summed E-state index contributed by atoms with van der Waals surface area (Å²) in [6, 6.07) is 10.7. The van der Waals surface area contributed by atoms with Crippen LogP contribution in [0.2, 0.25) is 0 Å². The number of likely N-dealkylation sites (tertiary alicyclic amines) is 1. The number of amides is 1. The zero-order valence-corrected chi connectivity index (χ0v) is 10.5. The average Bonchev–Trinajstić information content (AvgIpc) is 3.25. The fourth-order valence-electron chi connectivity index (χ4n) is 2.77. The Morgan fingerprint density at radius 3 is 2.67 bits per heavy atom. The second-order valence-corrected chi connectivity index (χ2v) is 5.19. The molecule has 0 saturated carbocycles. The van der Waals surface area contributed by atoms with Gasteiger partial charge in [-0.2, -0.15) is 0 Å². The number of benzene rings is 1. The molecule has 3 nitrogen and oxygen atoms in total. The minimum Gasteiger partial charge on any atom is -0.363 e. The number of carbonyl (C=O) groups is 1. The number of rotatable bonds is 2. The first-order chi connectivity index (χ1) is 8.84. The summed E-state index contributed by atoms with van der Waals surface area (Å²) in [6.45, 7) is 2.39. The van der Waals surface area contributed by atoms with Crippen molar-refractivity contribution in [2.75, 3.05) is 19.7 Å². The van der Waals surface area contributed by atoms with Crippen LogP contribution in [0.25, 0.3) is 0 Å². The fraction of sp³-hybridized carbons (Fsp3) is 0.533. The Kier molecular flexibility index (Phi) is 3.33. The van der Waals surface area contributed by atoms with E-state index in [1.54, 1.807) is 0 Å². The molecule has 3 rings (SSSR count). The lowest BCUT2D eigenvalue weighted by molar-refractivity contribution is -0.132. The molecule has 2 fully saturated rings. The molecule has 1 aromatic rings. The second kappa shape index (κ2) is 5.11. The van der Waals surface area contributed by atoms with E-state index in [-0.39, 0.29) is 12.0 Å². The third kappa shape index (κ3) is 2.56. The Morgan fingerprint density at radius 2 is 1.94 bits per heavy atom. The van der Waals surface area contributed by atoms with Gasteiger partial charge in [-0.25, -0.2) is 0 Å². The van der Waals surface area contributed by atoms with Gasteiger partial charge in [-0.1, -0.05) is 30.3 Å². The van der Waals surface area contributed by atoms with Crippen molar-refractivity contribution in [2.45, 2.75) is 31.3 Å². The summed E-state index contributed by atoms with van der Waals surface area (Å²) < 4.78 is 5.08. The van der Waals surface area contributed by atoms with Gasteiger partial charge in [0.25, 0.3) is 5.91 Å². The van der Waals surface area contributed by atoms with E-state index in [4.69, 9.17) is 4.74 Å². The topological polar surface area (TPSA) is 32.8 Å². The van der Waals surface area contributed by atoms with Gasteiger partial charge in [-0.05, 0) is 30.7 Å². The van der Waals surface area contributed by atoms with Gasteiger partial charge < -0.3 is 9.64 Å². The minimum atomic E-state index is -0.127. The molecule has 2 aliphatic rings. The molecule has 96 valence electrons. The Bertz CT molecular complexity index is 414. The molecule has 3 heteroatoms. The van der Waals surface area contributed by atoms with Crippen molar-refractivity contribution in [3.8, 4) is 0 Å². The Balaban J connectivity index is 1.63. The highest BCUT2D eigenvalue weighted by Crippen LogP contribution is 2.28. The molecule has 0 radical (unpaired) electrons. The number of nitrogens with zero attached hydrogens (tertiary/aromatic N) is 1. The van der Waals surface area contributed by atoms with Crippen LogP contribution in [-0.2, 0) is 9.53 Å². The lowest BCUT2D eigenvalue weighted by Crippen LogP contribution is -2.35. The van der Waals surface area contributed by atoms with Gasteiger partial charge in [0.2, 0.25) is 0 Å². The van der Waals surface area contributed by atoms with Crippen LogP contribution in [0.1, 0.15) is 30.7 Å². The zero-order valence-electron chi connectivity index (χ0n) is 10.5. The molecule has 0 aliphatic carbocycles. The van der Waals surface area contributed by atoms with Crippen LogP contribution in [0.15, 0.2) is 30.3 Å². The van der Waals surface area contributed by atoms with E-state index in [9.17, 15) is 4.79 Å². The van der Waals surface area contributed by atoms with E-state index in [0.717, 1.165) is 25.9 Å². The van der Waals surface area contributed by atoms with Gasteiger partial charge >= 0.3 is 0 Å². The van der Waals surface area contributed by atoms with Crippen molar-refractivity contribution >= 4 is 5.91 Å². The van der Waals surface area contributed by atoms with Gasteiger partial charge in [0.1, 0.15) is 0 Å². The van der Waals surface area contributed by atoms with Crippen molar-refractivity contribution in [1.82, 2.24) is 4.90 Å². The van der Waals surface area contributed by atoms with E-state index in [2.05, 4.69) is 30.3 Å². The average molecular weight is 245 g/mol. The molecule has 1 amide bonds.